The normalized spacial score (nSPS) is 20.6. The van der Waals surface area contributed by atoms with Crippen LogP contribution in [-0.4, -0.2) is 36.7 Å². The predicted octanol–water partition coefficient (Wildman–Crippen LogP) is 1.08. The van der Waals surface area contributed by atoms with Crippen molar-refractivity contribution < 1.29 is 8.42 Å². The molecule has 1 unspecified atom stereocenters. The van der Waals surface area contributed by atoms with Crippen LogP contribution in [0, 0.1) is 0 Å². The van der Waals surface area contributed by atoms with Crippen molar-refractivity contribution in [3.63, 3.8) is 0 Å². The highest BCUT2D eigenvalue weighted by molar-refractivity contribution is 7.92. The summed E-state index contributed by atoms with van der Waals surface area (Å²) < 4.78 is 24.3. The second-order valence-corrected chi connectivity index (χ2v) is 6.25. The van der Waals surface area contributed by atoms with E-state index in [1.54, 1.807) is 0 Å². The average molecular weight is 298 g/mol. The standard InChI is InChI=1S/C9H12ClN3O2S.ClH/c10-8-4-9(13-6-12-8)16(14,15)7-2-1-3-11-5-7;/h4,6-7,11H,1-3,5H2;1H. The molecule has 1 saturated heterocycles. The fourth-order valence-electron chi connectivity index (χ4n) is 1.73. The number of nitrogens with zero attached hydrogens (tertiary/aromatic N) is 2. The number of hydrogen-bond acceptors (Lipinski definition) is 5. The summed E-state index contributed by atoms with van der Waals surface area (Å²) in [6, 6.07) is 1.30. The molecule has 0 amide bonds. The quantitative estimate of drug-likeness (QED) is 0.827. The maximum Gasteiger partial charge on any atom is 0.199 e. The molecule has 17 heavy (non-hydrogen) atoms. The minimum Gasteiger partial charge on any atom is -0.315 e. The third kappa shape index (κ3) is 3.28. The van der Waals surface area contributed by atoms with Gasteiger partial charge in [-0.3, -0.25) is 0 Å². The number of rotatable bonds is 2. The molecule has 0 radical (unpaired) electrons. The Morgan fingerprint density at radius 3 is 2.76 bits per heavy atom. The molecule has 0 aliphatic carbocycles. The van der Waals surface area contributed by atoms with Crippen LogP contribution in [0.4, 0.5) is 0 Å². The van der Waals surface area contributed by atoms with E-state index in [2.05, 4.69) is 15.3 Å². The fraction of sp³-hybridized carbons (Fsp3) is 0.556. The van der Waals surface area contributed by atoms with Crippen LogP contribution in [-0.2, 0) is 9.84 Å². The number of nitrogens with one attached hydrogen (secondary N) is 1. The number of sulfone groups is 1. The van der Waals surface area contributed by atoms with Crippen molar-refractivity contribution in [2.45, 2.75) is 23.1 Å². The van der Waals surface area contributed by atoms with E-state index in [0.717, 1.165) is 13.0 Å². The SMILES string of the molecule is Cl.O=S(=O)(c1cc(Cl)ncn1)C1CCCNC1. The van der Waals surface area contributed by atoms with Crippen LogP contribution in [0.1, 0.15) is 12.8 Å². The number of halogens is 2. The smallest absolute Gasteiger partial charge is 0.199 e. The molecule has 1 aliphatic heterocycles. The molecule has 2 rings (SSSR count). The Bertz CT molecular complexity index is 475. The van der Waals surface area contributed by atoms with Gasteiger partial charge in [0.1, 0.15) is 11.5 Å². The molecule has 96 valence electrons. The lowest BCUT2D eigenvalue weighted by atomic mass is 10.2. The Balaban J connectivity index is 0.00000144. The van der Waals surface area contributed by atoms with E-state index < -0.39 is 15.1 Å². The summed E-state index contributed by atoms with van der Waals surface area (Å²) in [5.41, 5.74) is 0. The summed E-state index contributed by atoms with van der Waals surface area (Å²) in [5.74, 6) is 0. The third-order valence-electron chi connectivity index (χ3n) is 2.59. The van der Waals surface area contributed by atoms with Crippen molar-refractivity contribution in [1.29, 1.82) is 0 Å². The van der Waals surface area contributed by atoms with Crippen molar-refractivity contribution >= 4 is 33.8 Å². The molecule has 1 aliphatic rings. The zero-order chi connectivity index (χ0) is 11.6. The summed E-state index contributed by atoms with van der Waals surface area (Å²) in [4.78, 5) is 7.45. The molecule has 8 heteroatoms. The van der Waals surface area contributed by atoms with Crippen molar-refractivity contribution in [3.05, 3.63) is 17.5 Å². The van der Waals surface area contributed by atoms with Gasteiger partial charge in [0, 0.05) is 12.6 Å². The zero-order valence-corrected chi connectivity index (χ0v) is 11.4. The lowest BCUT2D eigenvalue weighted by Crippen LogP contribution is -2.39. The van der Waals surface area contributed by atoms with Crippen LogP contribution in [0.15, 0.2) is 17.4 Å². The second-order valence-electron chi connectivity index (χ2n) is 3.69. The maximum absolute atomic E-state index is 12.2. The topological polar surface area (TPSA) is 72.0 Å². The first-order valence-corrected chi connectivity index (χ1v) is 6.95. The molecule has 1 fully saturated rings. The Hall–Kier alpha value is -0.430. The van der Waals surface area contributed by atoms with E-state index >= 15 is 0 Å². The Morgan fingerprint density at radius 2 is 2.18 bits per heavy atom. The Morgan fingerprint density at radius 1 is 1.41 bits per heavy atom. The van der Waals surface area contributed by atoms with Crippen LogP contribution in [0.3, 0.4) is 0 Å². The van der Waals surface area contributed by atoms with Gasteiger partial charge < -0.3 is 5.32 Å². The molecule has 0 spiro atoms. The third-order valence-corrected chi connectivity index (χ3v) is 4.88. The number of hydrogen-bond donors (Lipinski definition) is 1. The number of aromatic nitrogens is 2. The molecule has 1 atom stereocenters. The van der Waals surface area contributed by atoms with Gasteiger partial charge in [-0.25, -0.2) is 18.4 Å². The van der Waals surface area contributed by atoms with Gasteiger partial charge >= 0.3 is 0 Å². The van der Waals surface area contributed by atoms with E-state index in [1.807, 2.05) is 0 Å². The molecule has 1 aromatic heterocycles. The molecule has 2 heterocycles. The van der Waals surface area contributed by atoms with Crippen LogP contribution in [0.2, 0.25) is 5.15 Å². The molecule has 0 saturated carbocycles. The first kappa shape index (κ1) is 14.6. The molecular weight excluding hydrogens is 285 g/mol. The highest BCUT2D eigenvalue weighted by Crippen LogP contribution is 2.20. The maximum atomic E-state index is 12.2. The van der Waals surface area contributed by atoms with Crippen LogP contribution in [0.5, 0.6) is 0 Å². The van der Waals surface area contributed by atoms with E-state index in [9.17, 15) is 8.42 Å². The van der Waals surface area contributed by atoms with Gasteiger partial charge in [0.25, 0.3) is 0 Å². The summed E-state index contributed by atoms with van der Waals surface area (Å²) >= 11 is 5.66. The molecule has 5 nitrogen and oxygen atoms in total. The molecular formula is C9H13Cl2N3O2S. The van der Waals surface area contributed by atoms with Gasteiger partial charge in [0.15, 0.2) is 14.9 Å². The Labute approximate surface area is 111 Å². The van der Waals surface area contributed by atoms with Crippen LogP contribution < -0.4 is 5.32 Å². The highest BCUT2D eigenvalue weighted by atomic mass is 35.5. The summed E-state index contributed by atoms with van der Waals surface area (Å²) in [5, 5.41) is 2.83. The first-order chi connectivity index (χ1) is 7.60. The zero-order valence-electron chi connectivity index (χ0n) is 8.97. The van der Waals surface area contributed by atoms with Crippen molar-refractivity contribution in [2.75, 3.05) is 13.1 Å². The van der Waals surface area contributed by atoms with Crippen molar-refractivity contribution in [2.24, 2.45) is 0 Å². The lowest BCUT2D eigenvalue weighted by Gasteiger charge is -2.22. The fourth-order valence-corrected chi connectivity index (χ4v) is 3.57. The second kappa shape index (κ2) is 5.95. The van der Waals surface area contributed by atoms with Crippen molar-refractivity contribution in [3.8, 4) is 0 Å². The summed E-state index contributed by atoms with van der Waals surface area (Å²) in [6.45, 7) is 1.35. The van der Waals surface area contributed by atoms with E-state index in [-0.39, 0.29) is 22.6 Å². The van der Waals surface area contributed by atoms with Gasteiger partial charge in [-0.15, -0.1) is 12.4 Å². The minimum absolute atomic E-state index is 0. The molecule has 0 aromatic carbocycles. The number of piperidine rings is 1. The van der Waals surface area contributed by atoms with Gasteiger partial charge in [-0.05, 0) is 19.4 Å². The summed E-state index contributed by atoms with van der Waals surface area (Å²) in [7, 11) is -3.38. The molecule has 0 bridgehead atoms. The molecule has 1 aromatic rings. The lowest BCUT2D eigenvalue weighted by molar-refractivity contribution is 0.495. The summed E-state index contributed by atoms with van der Waals surface area (Å²) in [6.07, 6.45) is 2.70. The van der Waals surface area contributed by atoms with Crippen LogP contribution in [0.25, 0.3) is 0 Å². The van der Waals surface area contributed by atoms with Crippen molar-refractivity contribution in [1.82, 2.24) is 15.3 Å². The van der Waals surface area contributed by atoms with E-state index in [1.165, 1.54) is 12.4 Å². The Kier molecular flexibility index (Phi) is 5.12. The monoisotopic (exact) mass is 297 g/mol. The first-order valence-electron chi connectivity index (χ1n) is 5.03. The highest BCUT2D eigenvalue weighted by Gasteiger charge is 2.30. The predicted molar refractivity (Wildman–Crippen MR) is 67.4 cm³/mol. The average Bonchev–Trinajstić information content (AvgIpc) is 2.30. The van der Waals surface area contributed by atoms with E-state index in [4.69, 9.17) is 11.6 Å². The minimum atomic E-state index is -3.38. The van der Waals surface area contributed by atoms with Crippen LogP contribution >= 0.6 is 24.0 Å². The van der Waals surface area contributed by atoms with Gasteiger partial charge in [0.2, 0.25) is 0 Å². The van der Waals surface area contributed by atoms with Gasteiger partial charge in [-0.1, -0.05) is 11.6 Å². The van der Waals surface area contributed by atoms with Gasteiger partial charge in [0.05, 0.1) is 5.25 Å². The largest absolute Gasteiger partial charge is 0.315 e. The van der Waals surface area contributed by atoms with E-state index in [0.29, 0.717) is 13.0 Å². The molecule has 1 N–H and O–H groups in total. The van der Waals surface area contributed by atoms with Gasteiger partial charge in [-0.2, -0.15) is 0 Å².